The van der Waals surface area contributed by atoms with Gasteiger partial charge in [-0.3, -0.25) is 4.79 Å². The molecule has 0 bridgehead atoms. The molecule has 3 rings (SSSR count). The lowest BCUT2D eigenvalue weighted by Gasteiger charge is -2.10. The number of nitrogens with zero attached hydrogens (tertiary/aromatic N) is 4. The standard InChI is InChI=1S/C18H22N6O3S/c1-13-5-6-14(2)16(8-13)28(26,27)23-10-17(25)19-7-3-4-15-9-20-18-21-12-22-24(18)11-15/h5-6,8-9,11-12,23H,3-4,7,10H2,1-2H3,(H,19,25). The van der Waals surface area contributed by atoms with Gasteiger partial charge in [0, 0.05) is 18.9 Å². The smallest absolute Gasteiger partial charge is 0.252 e. The van der Waals surface area contributed by atoms with E-state index in [0.717, 1.165) is 11.1 Å². The van der Waals surface area contributed by atoms with Crippen molar-refractivity contribution in [3.05, 3.63) is 53.6 Å². The summed E-state index contributed by atoms with van der Waals surface area (Å²) in [5.41, 5.74) is 2.45. The Hall–Kier alpha value is -2.85. The average molecular weight is 402 g/mol. The first kappa shape index (κ1) is 19.9. The number of benzene rings is 1. The van der Waals surface area contributed by atoms with Crippen molar-refractivity contribution in [3.8, 4) is 0 Å². The van der Waals surface area contributed by atoms with Crippen molar-refractivity contribution >= 4 is 21.7 Å². The highest BCUT2D eigenvalue weighted by Crippen LogP contribution is 2.16. The molecule has 0 spiro atoms. The van der Waals surface area contributed by atoms with Crippen LogP contribution in [0.3, 0.4) is 0 Å². The van der Waals surface area contributed by atoms with Crippen molar-refractivity contribution in [3.63, 3.8) is 0 Å². The Morgan fingerprint density at radius 3 is 2.86 bits per heavy atom. The summed E-state index contributed by atoms with van der Waals surface area (Å²) in [5.74, 6) is 0.159. The van der Waals surface area contributed by atoms with Gasteiger partial charge in [-0.15, -0.1) is 0 Å². The van der Waals surface area contributed by atoms with Crippen LogP contribution < -0.4 is 10.0 Å². The topological polar surface area (TPSA) is 118 Å². The second-order valence-electron chi connectivity index (χ2n) is 6.51. The number of nitrogens with one attached hydrogen (secondary N) is 2. The molecule has 2 aromatic heterocycles. The Kier molecular flexibility index (Phi) is 6.00. The van der Waals surface area contributed by atoms with Gasteiger partial charge in [-0.1, -0.05) is 12.1 Å². The first-order valence-corrected chi connectivity index (χ1v) is 10.3. The van der Waals surface area contributed by atoms with Gasteiger partial charge >= 0.3 is 0 Å². The molecule has 0 saturated carbocycles. The van der Waals surface area contributed by atoms with Crippen molar-refractivity contribution < 1.29 is 13.2 Å². The first-order chi connectivity index (χ1) is 13.3. The van der Waals surface area contributed by atoms with Crippen molar-refractivity contribution in [2.45, 2.75) is 31.6 Å². The van der Waals surface area contributed by atoms with Crippen LogP contribution in [0.1, 0.15) is 23.1 Å². The zero-order valence-corrected chi connectivity index (χ0v) is 16.5. The number of sulfonamides is 1. The number of carbonyl (C=O) groups excluding carboxylic acids is 1. The van der Waals surface area contributed by atoms with Gasteiger partial charge in [-0.05, 0) is 49.4 Å². The van der Waals surface area contributed by atoms with Gasteiger partial charge in [-0.2, -0.15) is 10.1 Å². The minimum absolute atomic E-state index is 0.191. The van der Waals surface area contributed by atoms with Gasteiger partial charge < -0.3 is 5.32 Å². The molecule has 0 aliphatic heterocycles. The molecule has 2 heterocycles. The fourth-order valence-electron chi connectivity index (χ4n) is 2.71. The number of aryl methyl sites for hydroxylation is 3. The highest BCUT2D eigenvalue weighted by atomic mass is 32.2. The Labute approximate surface area is 163 Å². The maximum Gasteiger partial charge on any atom is 0.252 e. The first-order valence-electron chi connectivity index (χ1n) is 8.83. The van der Waals surface area contributed by atoms with Crippen LogP contribution in [0, 0.1) is 13.8 Å². The largest absolute Gasteiger partial charge is 0.355 e. The van der Waals surface area contributed by atoms with Gasteiger partial charge in [-0.25, -0.2) is 22.6 Å². The maximum absolute atomic E-state index is 12.4. The number of fused-ring (bicyclic) bond motifs is 1. The molecule has 10 heteroatoms. The van der Waals surface area contributed by atoms with Gasteiger partial charge in [0.2, 0.25) is 15.9 Å². The van der Waals surface area contributed by atoms with Crippen molar-refractivity contribution in [2.24, 2.45) is 0 Å². The zero-order chi connectivity index (χ0) is 20.1. The molecule has 3 aromatic rings. The molecule has 148 valence electrons. The van der Waals surface area contributed by atoms with Crippen LogP contribution >= 0.6 is 0 Å². The summed E-state index contributed by atoms with van der Waals surface area (Å²) in [6.07, 6.45) is 6.40. The monoisotopic (exact) mass is 402 g/mol. The van der Waals surface area contributed by atoms with Crippen LogP contribution in [0.5, 0.6) is 0 Å². The van der Waals surface area contributed by atoms with Crippen LogP contribution in [-0.2, 0) is 21.2 Å². The molecule has 28 heavy (non-hydrogen) atoms. The minimum atomic E-state index is -3.73. The number of aromatic nitrogens is 4. The third-order valence-corrected chi connectivity index (χ3v) is 5.75. The summed E-state index contributed by atoms with van der Waals surface area (Å²) >= 11 is 0. The molecule has 0 unspecified atom stereocenters. The van der Waals surface area contributed by atoms with Crippen LogP contribution in [0.15, 0.2) is 41.8 Å². The molecule has 0 aliphatic carbocycles. The summed E-state index contributed by atoms with van der Waals surface area (Å²) in [6.45, 7) is 3.67. The quantitative estimate of drug-likeness (QED) is 0.537. The van der Waals surface area contributed by atoms with Crippen molar-refractivity contribution in [1.29, 1.82) is 0 Å². The van der Waals surface area contributed by atoms with E-state index in [1.54, 1.807) is 29.8 Å². The average Bonchev–Trinajstić information content (AvgIpc) is 3.13. The number of hydrogen-bond acceptors (Lipinski definition) is 6. The molecule has 0 radical (unpaired) electrons. The SMILES string of the molecule is Cc1ccc(C)c(S(=O)(=O)NCC(=O)NCCCc2cnc3ncnn3c2)c1. The number of amides is 1. The predicted molar refractivity (Wildman–Crippen MR) is 103 cm³/mol. The number of hydrogen-bond donors (Lipinski definition) is 2. The molecule has 0 saturated heterocycles. The maximum atomic E-state index is 12.4. The van der Waals surface area contributed by atoms with Crippen LogP contribution in [0.2, 0.25) is 0 Å². The summed E-state index contributed by atoms with van der Waals surface area (Å²) in [6, 6.07) is 5.18. The number of carbonyl (C=O) groups is 1. The molecular formula is C18H22N6O3S. The lowest BCUT2D eigenvalue weighted by Crippen LogP contribution is -2.37. The van der Waals surface area contributed by atoms with Crippen molar-refractivity contribution in [1.82, 2.24) is 29.6 Å². The van der Waals surface area contributed by atoms with Gasteiger partial charge in [0.1, 0.15) is 6.33 Å². The Morgan fingerprint density at radius 1 is 1.21 bits per heavy atom. The van der Waals surface area contributed by atoms with Gasteiger partial charge in [0.25, 0.3) is 5.78 Å². The summed E-state index contributed by atoms with van der Waals surface area (Å²) in [4.78, 5) is 20.3. The lowest BCUT2D eigenvalue weighted by atomic mass is 10.2. The van der Waals surface area contributed by atoms with E-state index in [9.17, 15) is 13.2 Å². The fraction of sp³-hybridized carbons (Fsp3) is 0.333. The van der Waals surface area contributed by atoms with Crippen LogP contribution in [0.25, 0.3) is 5.78 Å². The van der Waals surface area contributed by atoms with Crippen LogP contribution in [0.4, 0.5) is 0 Å². The lowest BCUT2D eigenvalue weighted by molar-refractivity contribution is -0.119. The van der Waals surface area contributed by atoms with Crippen LogP contribution in [-0.4, -0.2) is 47.0 Å². The normalized spacial score (nSPS) is 11.6. The minimum Gasteiger partial charge on any atom is -0.355 e. The molecule has 2 N–H and O–H groups in total. The molecule has 0 fully saturated rings. The van der Waals surface area contributed by atoms with E-state index in [-0.39, 0.29) is 17.3 Å². The van der Waals surface area contributed by atoms with Crippen molar-refractivity contribution in [2.75, 3.05) is 13.1 Å². The molecule has 0 atom stereocenters. The van der Waals surface area contributed by atoms with E-state index >= 15 is 0 Å². The highest BCUT2D eigenvalue weighted by Gasteiger charge is 2.17. The van der Waals surface area contributed by atoms with E-state index in [1.807, 2.05) is 19.2 Å². The predicted octanol–water partition coefficient (Wildman–Crippen LogP) is 0.768. The van der Waals surface area contributed by atoms with E-state index in [1.165, 1.54) is 6.33 Å². The second kappa shape index (κ2) is 8.44. The highest BCUT2D eigenvalue weighted by molar-refractivity contribution is 7.89. The Balaban J connectivity index is 1.44. The third kappa shape index (κ3) is 4.90. The Morgan fingerprint density at radius 2 is 2.04 bits per heavy atom. The van der Waals surface area contributed by atoms with Gasteiger partial charge in [0.05, 0.1) is 11.4 Å². The fourth-order valence-corrected chi connectivity index (χ4v) is 4.02. The summed E-state index contributed by atoms with van der Waals surface area (Å²) < 4.78 is 28.7. The van der Waals surface area contributed by atoms with E-state index in [4.69, 9.17) is 0 Å². The Bertz CT molecular complexity index is 1090. The molecule has 1 amide bonds. The number of rotatable bonds is 8. The molecule has 1 aromatic carbocycles. The van der Waals surface area contributed by atoms with E-state index < -0.39 is 10.0 Å². The molecule has 9 nitrogen and oxygen atoms in total. The molecular weight excluding hydrogens is 380 g/mol. The molecule has 0 aliphatic rings. The van der Waals surface area contributed by atoms with E-state index in [2.05, 4.69) is 25.1 Å². The summed E-state index contributed by atoms with van der Waals surface area (Å²) in [5, 5.41) is 6.74. The second-order valence-corrected chi connectivity index (χ2v) is 8.25. The van der Waals surface area contributed by atoms with Gasteiger partial charge in [0.15, 0.2) is 0 Å². The third-order valence-electron chi connectivity index (χ3n) is 4.21. The van der Waals surface area contributed by atoms with E-state index in [0.29, 0.717) is 30.7 Å². The summed E-state index contributed by atoms with van der Waals surface area (Å²) in [7, 11) is -3.73. The zero-order valence-electron chi connectivity index (χ0n) is 15.7.